The van der Waals surface area contributed by atoms with Gasteiger partial charge in [0.2, 0.25) is 0 Å². The van der Waals surface area contributed by atoms with Gasteiger partial charge in [-0.3, -0.25) is 0 Å². The van der Waals surface area contributed by atoms with Crippen LogP contribution in [0.5, 0.6) is 5.75 Å². The first-order chi connectivity index (χ1) is 9.49. The Balaban J connectivity index is 2.15. The van der Waals surface area contributed by atoms with Gasteiger partial charge in [-0.15, -0.1) is 0 Å². The molecule has 0 heterocycles. The van der Waals surface area contributed by atoms with Gasteiger partial charge in [0.15, 0.2) is 0 Å². The molecule has 0 atom stereocenters. The molecule has 0 aliphatic rings. The molecule has 4 heteroatoms. The first-order valence-electron chi connectivity index (χ1n) is 5.98. The molecular weight excluding hydrogens is 265 g/mol. The van der Waals surface area contributed by atoms with E-state index in [0.29, 0.717) is 5.56 Å². The van der Waals surface area contributed by atoms with Crippen LogP contribution in [0.4, 0.5) is 13.2 Å². The molecule has 0 saturated carbocycles. The molecule has 0 bridgehead atoms. The van der Waals surface area contributed by atoms with E-state index in [1.165, 1.54) is 12.1 Å². The number of rotatable bonds is 3. The van der Waals surface area contributed by atoms with Gasteiger partial charge in [0, 0.05) is 0 Å². The highest BCUT2D eigenvalue weighted by atomic mass is 19.4. The number of alkyl halides is 3. The molecule has 0 amide bonds. The second kappa shape index (κ2) is 5.82. The van der Waals surface area contributed by atoms with Gasteiger partial charge in [-0.1, -0.05) is 36.4 Å². The summed E-state index contributed by atoms with van der Waals surface area (Å²) in [6.07, 6.45) is -0.713. The van der Waals surface area contributed by atoms with E-state index in [1.54, 1.807) is 13.2 Å². The van der Waals surface area contributed by atoms with E-state index >= 15 is 0 Å². The minimum atomic E-state index is -4.30. The zero-order valence-corrected chi connectivity index (χ0v) is 10.8. The molecule has 0 spiro atoms. The summed E-state index contributed by atoms with van der Waals surface area (Å²) in [6, 6.07) is 12.5. The molecule has 0 aliphatic carbocycles. The molecule has 20 heavy (non-hydrogen) atoms. The van der Waals surface area contributed by atoms with E-state index in [0.717, 1.165) is 23.4 Å². The maximum absolute atomic E-state index is 12.4. The van der Waals surface area contributed by atoms with Crippen LogP contribution in [0.3, 0.4) is 0 Å². The van der Waals surface area contributed by atoms with E-state index in [-0.39, 0.29) is 0 Å². The molecule has 2 rings (SSSR count). The van der Waals surface area contributed by atoms with Crippen LogP contribution in [0.1, 0.15) is 16.7 Å². The van der Waals surface area contributed by atoms with Crippen molar-refractivity contribution in [3.8, 4) is 5.75 Å². The maximum atomic E-state index is 12.4. The van der Waals surface area contributed by atoms with Crippen molar-refractivity contribution >= 4 is 12.2 Å². The highest BCUT2D eigenvalue weighted by Gasteiger charge is 2.29. The quantitative estimate of drug-likeness (QED) is 0.727. The smallest absolute Gasteiger partial charge is 0.416 e. The minimum absolute atomic E-state index is 0.643. The van der Waals surface area contributed by atoms with Gasteiger partial charge in [-0.2, -0.15) is 13.2 Å². The highest BCUT2D eigenvalue weighted by Crippen LogP contribution is 2.29. The lowest BCUT2D eigenvalue weighted by atomic mass is 10.1. The lowest BCUT2D eigenvalue weighted by Crippen LogP contribution is -2.03. The fourth-order valence-electron chi connectivity index (χ4n) is 1.72. The molecule has 0 radical (unpaired) electrons. The average molecular weight is 278 g/mol. The van der Waals surface area contributed by atoms with Crippen molar-refractivity contribution in [1.29, 1.82) is 0 Å². The van der Waals surface area contributed by atoms with Crippen LogP contribution >= 0.6 is 0 Å². The van der Waals surface area contributed by atoms with Crippen molar-refractivity contribution in [1.82, 2.24) is 0 Å². The van der Waals surface area contributed by atoms with Crippen LogP contribution in [-0.2, 0) is 6.18 Å². The van der Waals surface area contributed by atoms with Crippen LogP contribution in [0.25, 0.3) is 12.2 Å². The lowest BCUT2D eigenvalue weighted by Gasteiger charge is -2.06. The van der Waals surface area contributed by atoms with E-state index in [1.807, 2.05) is 30.3 Å². The van der Waals surface area contributed by atoms with Crippen LogP contribution in [-0.4, -0.2) is 7.11 Å². The van der Waals surface area contributed by atoms with Gasteiger partial charge in [0.05, 0.1) is 12.7 Å². The number of methoxy groups -OCH3 is 1. The number of ether oxygens (including phenoxy) is 1. The summed E-state index contributed by atoms with van der Waals surface area (Å²) < 4.78 is 42.4. The molecule has 0 aromatic heterocycles. The zero-order valence-electron chi connectivity index (χ0n) is 10.8. The van der Waals surface area contributed by atoms with Gasteiger partial charge in [0.25, 0.3) is 0 Å². The second-order valence-corrected chi connectivity index (χ2v) is 4.23. The third-order valence-electron chi connectivity index (χ3n) is 2.80. The standard InChI is InChI=1S/C16H13F3O/c1-20-15-4-2-3-13(11-15)6-5-12-7-9-14(10-8-12)16(17,18)19/h2-11H,1H3/b6-5+. The predicted octanol–water partition coefficient (Wildman–Crippen LogP) is 4.88. The molecule has 0 N–H and O–H groups in total. The third-order valence-corrected chi connectivity index (χ3v) is 2.80. The largest absolute Gasteiger partial charge is 0.497 e. The summed E-state index contributed by atoms with van der Waals surface area (Å²) in [5.41, 5.74) is 0.987. The Kier molecular flexibility index (Phi) is 4.13. The Hall–Kier alpha value is -2.23. The van der Waals surface area contributed by atoms with Gasteiger partial charge in [0.1, 0.15) is 5.75 Å². The molecule has 2 aromatic rings. The Bertz CT molecular complexity index is 598. The average Bonchev–Trinajstić information content (AvgIpc) is 2.45. The summed E-state index contributed by atoms with van der Waals surface area (Å²) in [5.74, 6) is 0.736. The number of hydrogen-bond acceptors (Lipinski definition) is 1. The van der Waals surface area contributed by atoms with E-state index in [9.17, 15) is 13.2 Å². The number of hydrogen-bond donors (Lipinski definition) is 0. The summed E-state index contributed by atoms with van der Waals surface area (Å²) in [6.45, 7) is 0. The minimum Gasteiger partial charge on any atom is -0.497 e. The van der Waals surface area contributed by atoms with Gasteiger partial charge < -0.3 is 4.74 Å². The molecule has 0 unspecified atom stereocenters. The Morgan fingerprint density at radius 2 is 1.55 bits per heavy atom. The first-order valence-corrected chi connectivity index (χ1v) is 5.98. The zero-order chi connectivity index (χ0) is 14.6. The molecule has 2 aromatic carbocycles. The van der Waals surface area contributed by atoms with Crippen LogP contribution in [0.2, 0.25) is 0 Å². The SMILES string of the molecule is COc1cccc(/C=C/c2ccc(C(F)(F)F)cc2)c1. The van der Waals surface area contributed by atoms with Gasteiger partial charge in [-0.05, 0) is 35.4 Å². The van der Waals surface area contributed by atoms with Crippen molar-refractivity contribution in [2.75, 3.05) is 7.11 Å². The summed E-state index contributed by atoms with van der Waals surface area (Å²) in [4.78, 5) is 0. The van der Waals surface area contributed by atoms with Crippen molar-refractivity contribution in [2.24, 2.45) is 0 Å². The second-order valence-electron chi connectivity index (χ2n) is 4.23. The number of halogens is 3. The molecule has 104 valence electrons. The molecule has 1 nitrogen and oxygen atoms in total. The fourth-order valence-corrected chi connectivity index (χ4v) is 1.72. The molecule has 0 aliphatic heterocycles. The third kappa shape index (κ3) is 3.63. The summed E-state index contributed by atoms with van der Waals surface area (Å²) in [5, 5.41) is 0. The molecular formula is C16H13F3O. The highest BCUT2D eigenvalue weighted by molar-refractivity contribution is 5.70. The Morgan fingerprint density at radius 3 is 2.15 bits per heavy atom. The fraction of sp³-hybridized carbons (Fsp3) is 0.125. The maximum Gasteiger partial charge on any atom is 0.416 e. The predicted molar refractivity (Wildman–Crippen MR) is 73.4 cm³/mol. The van der Waals surface area contributed by atoms with Crippen LogP contribution in [0, 0.1) is 0 Å². The Labute approximate surface area is 115 Å². The summed E-state index contributed by atoms with van der Waals surface area (Å²) in [7, 11) is 1.58. The topological polar surface area (TPSA) is 9.23 Å². The summed E-state index contributed by atoms with van der Waals surface area (Å²) >= 11 is 0. The lowest BCUT2D eigenvalue weighted by molar-refractivity contribution is -0.137. The van der Waals surface area contributed by atoms with E-state index < -0.39 is 11.7 Å². The molecule has 0 fully saturated rings. The molecule has 0 saturated heterocycles. The normalized spacial score (nSPS) is 11.8. The van der Waals surface area contributed by atoms with Crippen molar-refractivity contribution in [3.63, 3.8) is 0 Å². The van der Waals surface area contributed by atoms with Gasteiger partial charge in [-0.25, -0.2) is 0 Å². The number of benzene rings is 2. The monoisotopic (exact) mass is 278 g/mol. The van der Waals surface area contributed by atoms with E-state index in [4.69, 9.17) is 4.74 Å². The van der Waals surface area contributed by atoms with Crippen molar-refractivity contribution in [3.05, 3.63) is 65.2 Å². The van der Waals surface area contributed by atoms with Crippen LogP contribution in [0.15, 0.2) is 48.5 Å². The Morgan fingerprint density at radius 1 is 0.900 bits per heavy atom. The van der Waals surface area contributed by atoms with E-state index in [2.05, 4.69) is 0 Å². The van der Waals surface area contributed by atoms with Crippen molar-refractivity contribution in [2.45, 2.75) is 6.18 Å². The van der Waals surface area contributed by atoms with Crippen LogP contribution < -0.4 is 4.74 Å². The first kappa shape index (κ1) is 14.2. The van der Waals surface area contributed by atoms with Gasteiger partial charge >= 0.3 is 6.18 Å². The van der Waals surface area contributed by atoms with Crippen molar-refractivity contribution < 1.29 is 17.9 Å².